The molecule has 1 aliphatic rings. The Morgan fingerprint density at radius 2 is 1.85 bits per heavy atom. The summed E-state index contributed by atoms with van der Waals surface area (Å²) in [6, 6.07) is 10.1. The summed E-state index contributed by atoms with van der Waals surface area (Å²) in [7, 11) is 0. The van der Waals surface area contributed by atoms with Gasteiger partial charge in [0.25, 0.3) is 5.91 Å². The number of rotatable bonds is 6. The highest BCUT2D eigenvalue weighted by Gasteiger charge is 2.27. The quantitative estimate of drug-likeness (QED) is 0.529. The number of hydrogen-bond acceptors (Lipinski definition) is 5. The summed E-state index contributed by atoms with van der Waals surface area (Å²) in [5.74, 6) is 2.58. The summed E-state index contributed by atoms with van der Waals surface area (Å²) in [6.07, 6.45) is 3.35. The molecule has 6 nitrogen and oxygen atoms in total. The molecule has 1 aromatic carbocycles. The molecule has 0 spiro atoms. The van der Waals surface area contributed by atoms with Crippen LogP contribution >= 0.6 is 0 Å². The first kappa shape index (κ1) is 23.0. The lowest BCUT2D eigenvalue weighted by Crippen LogP contribution is -2.49. The fraction of sp³-hybridized carbons (Fsp3) is 0.444. The molecule has 4 rings (SSSR count). The maximum atomic E-state index is 12.7. The summed E-state index contributed by atoms with van der Waals surface area (Å²) in [6.45, 7) is 13.5. The van der Waals surface area contributed by atoms with Gasteiger partial charge in [-0.15, -0.1) is 0 Å². The number of aromatic nitrogens is 2. The summed E-state index contributed by atoms with van der Waals surface area (Å²) in [5, 5.41) is 0. The van der Waals surface area contributed by atoms with E-state index in [-0.39, 0.29) is 5.91 Å². The second kappa shape index (κ2) is 9.77. The average molecular weight is 447 g/mol. The number of benzene rings is 1. The minimum Gasteiger partial charge on any atom is -0.459 e. The number of hydrogen-bond donors (Lipinski definition) is 0. The summed E-state index contributed by atoms with van der Waals surface area (Å²) in [4.78, 5) is 26.9. The SMILES string of the molecule is CC[C@H](C)c1nc(C)c(Cc2cc(C)ccc2C)c(N2CCN(C(=O)c3ccco3)CC2)n1. The van der Waals surface area contributed by atoms with E-state index in [1.165, 1.54) is 22.3 Å². The first-order valence-electron chi connectivity index (χ1n) is 11.9. The Morgan fingerprint density at radius 3 is 2.52 bits per heavy atom. The van der Waals surface area contributed by atoms with Crippen LogP contribution in [0.2, 0.25) is 0 Å². The zero-order chi connectivity index (χ0) is 23.5. The Balaban J connectivity index is 1.63. The van der Waals surface area contributed by atoms with Gasteiger partial charge < -0.3 is 14.2 Å². The molecular formula is C27H34N4O2. The van der Waals surface area contributed by atoms with Crippen molar-refractivity contribution in [3.63, 3.8) is 0 Å². The Kier molecular flexibility index (Phi) is 6.82. The van der Waals surface area contributed by atoms with E-state index in [1.54, 1.807) is 18.4 Å². The zero-order valence-corrected chi connectivity index (χ0v) is 20.4. The van der Waals surface area contributed by atoms with Crippen molar-refractivity contribution >= 4 is 11.7 Å². The minimum absolute atomic E-state index is 0.0468. The third kappa shape index (κ3) is 4.95. The Morgan fingerprint density at radius 1 is 1.09 bits per heavy atom. The van der Waals surface area contributed by atoms with Gasteiger partial charge >= 0.3 is 0 Å². The highest BCUT2D eigenvalue weighted by atomic mass is 16.3. The predicted octanol–water partition coefficient (Wildman–Crippen LogP) is 5.06. The van der Waals surface area contributed by atoms with Gasteiger partial charge in [-0.05, 0) is 50.5 Å². The molecule has 0 N–H and O–H groups in total. The fourth-order valence-corrected chi connectivity index (χ4v) is 4.33. The van der Waals surface area contributed by atoms with Crippen molar-refractivity contribution in [3.05, 3.63) is 76.1 Å². The standard InChI is InChI=1S/C27H34N4O2/c1-6-19(3)25-28-21(5)23(17-22-16-18(2)9-10-20(22)4)26(29-25)30-11-13-31(14-12-30)27(32)24-8-7-15-33-24/h7-10,15-16,19H,6,11-14,17H2,1-5H3/t19-/m0/s1. The summed E-state index contributed by atoms with van der Waals surface area (Å²) >= 11 is 0. The molecule has 3 aromatic rings. The molecule has 1 amide bonds. The molecule has 0 unspecified atom stereocenters. The molecule has 1 fully saturated rings. The molecule has 0 aliphatic carbocycles. The normalized spacial score (nSPS) is 15.1. The van der Waals surface area contributed by atoms with E-state index in [4.69, 9.17) is 14.4 Å². The molecule has 33 heavy (non-hydrogen) atoms. The highest BCUT2D eigenvalue weighted by Crippen LogP contribution is 2.29. The molecule has 0 bridgehead atoms. The number of anilines is 1. The van der Waals surface area contributed by atoms with Crippen LogP contribution in [0.5, 0.6) is 0 Å². The van der Waals surface area contributed by atoms with E-state index in [1.807, 2.05) is 4.90 Å². The molecular weight excluding hydrogens is 412 g/mol. The fourth-order valence-electron chi connectivity index (χ4n) is 4.33. The Bertz CT molecular complexity index is 1120. The van der Waals surface area contributed by atoms with Crippen molar-refractivity contribution in [2.45, 2.75) is 53.4 Å². The number of carbonyl (C=O) groups is 1. The molecule has 0 saturated carbocycles. The van der Waals surface area contributed by atoms with Crippen LogP contribution < -0.4 is 4.90 Å². The van der Waals surface area contributed by atoms with Crippen molar-refractivity contribution in [2.75, 3.05) is 31.1 Å². The lowest BCUT2D eigenvalue weighted by molar-refractivity contribution is 0.0714. The van der Waals surface area contributed by atoms with Gasteiger partial charge in [0, 0.05) is 49.8 Å². The maximum absolute atomic E-state index is 12.7. The van der Waals surface area contributed by atoms with Crippen LogP contribution in [0.3, 0.4) is 0 Å². The second-order valence-corrected chi connectivity index (χ2v) is 9.14. The monoisotopic (exact) mass is 446 g/mol. The second-order valence-electron chi connectivity index (χ2n) is 9.14. The molecule has 3 heterocycles. The van der Waals surface area contributed by atoms with E-state index >= 15 is 0 Å². The van der Waals surface area contributed by atoms with Gasteiger partial charge in [0.15, 0.2) is 5.76 Å². The van der Waals surface area contributed by atoms with Crippen LogP contribution in [0.1, 0.15) is 70.5 Å². The van der Waals surface area contributed by atoms with Crippen LogP contribution in [0, 0.1) is 20.8 Å². The van der Waals surface area contributed by atoms with E-state index in [2.05, 4.69) is 57.7 Å². The molecule has 1 aliphatic heterocycles. The minimum atomic E-state index is -0.0468. The molecule has 1 saturated heterocycles. The molecule has 2 aromatic heterocycles. The van der Waals surface area contributed by atoms with Crippen LogP contribution in [0.25, 0.3) is 0 Å². The van der Waals surface area contributed by atoms with Gasteiger partial charge in [-0.2, -0.15) is 0 Å². The first-order valence-corrected chi connectivity index (χ1v) is 11.9. The number of carbonyl (C=O) groups excluding carboxylic acids is 1. The van der Waals surface area contributed by atoms with Crippen molar-refractivity contribution in [1.82, 2.24) is 14.9 Å². The van der Waals surface area contributed by atoms with Crippen LogP contribution in [0.15, 0.2) is 41.0 Å². The smallest absolute Gasteiger partial charge is 0.289 e. The number of piperazine rings is 1. The van der Waals surface area contributed by atoms with Crippen LogP contribution in [-0.2, 0) is 6.42 Å². The van der Waals surface area contributed by atoms with Crippen LogP contribution in [0.4, 0.5) is 5.82 Å². The van der Waals surface area contributed by atoms with Gasteiger partial charge in [-0.1, -0.05) is 37.6 Å². The Labute approximate surface area is 196 Å². The van der Waals surface area contributed by atoms with E-state index < -0.39 is 0 Å². The van der Waals surface area contributed by atoms with Crippen molar-refractivity contribution < 1.29 is 9.21 Å². The van der Waals surface area contributed by atoms with E-state index in [0.29, 0.717) is 24.8 Å². The van der Waals surface area contributed by atoms with Gasteiger partial charge in [0.05, 0.1) is 6.26 Å². The van der Waals surface area contributed by atoms with Crippen molar-refractivity contribution in [2.24, 2.45) is 0 Å². The molecule has 1 atom stereocenters. The number of amides is 1. The number of aryl methyl sites for hydroxylation is 3. The highest BCUT2D eigenvalue weighted by molar-refractivity contribution is 5.91. The van der Waals surface area contributed by atoms with Gasteiger partial charge in [-0.25, -0.2) is 9.97 Å². The first-order chi connectivity index (χ1) is 15.9. The summed E-state index contributed by atoms with van der Waals surface area (Å²) < 4.78 is 5.31. The largest absolute Gasteiger partial charge is 0.459 e. The molecule has 6 heteroatoms. The number of nitrogens with zero attached hydrogens (tertiary/aromatic N) is 4. The topological polar surface area (TPSA) is 62.5 Å². The predicted molar refractivity (Wildman–Crippen MR) is 131 cm³/mol. The van der Waals surface area contributed by atoms with Gasteiger partial charge in [-0.3, -0.25) is 4.79 Å². The van der Waals surface area contributed by atoms with E-state index in [0.717, 1.165) is 43.3 Å². The molecule has 0 radical (unpaired) electrons. The lowest BCUT2D eigenvalue weighted by atomic mass is 9.97. The van der Waals surface area contributed by atoms with Gasteiger partial charge in [0.2, 0.25) is 0 Å². The average Bonchev–Trinajstić information content (AvgIpc) is 3.36. The van der Waals surface area contributed by atoms with E-state index in [9.17, 15) is 4.79 Å². The maximum Gasteiger partial charge on any atom is 0.289 e. The number of furan rings is 1. The van der Waals surface area contributed by atoms with Crippen molar-refractivity contribution in [1.29, 1.82) is 0 Å². The lowest BCUT2D eigenvalue weighted by Gasteiger charge is -2.36. The summed E-state index contributed by atoms with van der Waals surface area (Å²) in [5.41, 5.74) is 6.08. The third-order valence-electron chi connectivity index (χ3n) is 6.73. The van der Waals surface area contributed by atoms with Crippen LogP contribution in [-0.4, -0.2) is 47.0 Å². The molecule has 174 valence electrons. The Hall–Kier alpha value is -3.15. The zero-order valence-electron chi connectivity index (χ0n) is 20.4. The van der Waals surface area contributed by atoms with Gasteiger partial charge in [0.1, 0.15) is 11.6 Å². The third-order valence-corrected chi connectivity index (χ3v) is 6.73. The van der Waals surface area contributed by atoms with Crippen molar-refractivity contribution in [3.8, 4) is 0 Å².